The fraction of sp³-hybridized carbons (Fsp3) is 0.368. The van der Waals surface area contributed by atoms with Gasteiger partial charge in [0.25, 0.3) is 11.8 Å². The van der Waals surface area contributed by atoms with Crippen molar-refractivity contribution in [2.45, 2.75) is 149 Å². The molecular weight excluding hydrogens is 1300 g/mol. The summed E-state index contributed by atoms with van der Waals surface area (Å²) in [6, 6.07) is 35.0. The van der Waals surface area contributed by atoms with E-state index in [1.165, 1.54) is 48.9 Å². The van der Waals surface area contributed by atoms with Crippen LogP contribution < -0.4 is 21.4 Å². The van der Waals surface area contributed by atoms with Gasteiger partial charge >= 0.3 is 6.03 Å². The molecule has 5 aromatic heterocycles. The number of rotatable bonds is 13. The van der Waals surface area contributed by atoms with Gasteiger partial charge in [0.2, 0.25) is 0 Å². The minimum absolute atomic E-state index is 0.0976. The Morgan fingerprint density at radius 1 is 0.677 bits per heavy atom. The van der Waals surface area contributed by atoms with Crippen LogP contribution >= 0.6 is 57.7 Å². The molecule has 2 saturated carbocycles. The Labute approximate surface area is 585 Å². The van der Waals surface area contributed by atoms with Crippen molar-refractivity contribution in [3.63, 3.8) is 0 Å². The number of thiophene rings is 1. The lowest BCUT2D eigenvalue weighted by molar-refractivity contribution is 0.0743. The molecule has 4 atom stereocenters. The monoisotopic (exact) mass is 1380 g/mol. The Balaban J connectivity index is 0.000000130. The Bertz CT molecular complexity index is 4340. The number of nitrogens with one attached hydrogen (secondary N) is 4. The van der Waals surface area contributed by atoms with Crippen molar-refractivity contribution >= 4 is 105 Å². The number of halogens is 4. The van der Waals surface area contributed by atoms with Crippen molar-refractivity contribution in [2.24, 2.45) is 16.7 Å². The van der Waals surface area contributed by atoms with Crippen LogP contribution in [-0.2, 0) is 32.2 Å². The third kappa shape index (κ3) is 14.5. The van der Waals surface area contributed by atoms with E-state index in [4.69, 9.17) is 66.1 Å². The summed E-state index contributed by atoms with van der Waals surface area (Å²) in [4.78, 5) is 39.8. The number of furan rings is 1. The predicted octanol–water partition coefficient (Wildman–Crippen LogP) is 18.5. The lowest BCUT2D eigenvalue weighted by Gasteiger charge is -2.42. The summed E-state index contributed by atoms with van der Waals surface area (Å²) < 4.78 is 11.0. The minimum atomic E-state index is -0.187. The Morgan fingerprint density at radius 3 is 1.89 bits per heavy atom. The number of carbonyl (C=O) groups excluding carboxylic acids is 3. The number of allylic oxidation sites excluding steroid dienone is 2. The van der Waals surface area contributed by atoms with Crippen LogP contribution in [0, 0.1) is 16.7 Å². The second-order valence-electron chi connectivity index (χ2n) is 27.2. The van der Waals surface area contributed by atoms with Gasteiger partial charge in [-0.2, -0.15) is 26.6 Å². The van der Waals surface area contributed by atoms with Crippen LogP contribution in [0.4, 0.5) is 10.6 Å². The van der Waals surface area contributed by atoms with Crippen molar-refractivity contribution in [1.82, 2.24) is 50.4 Å². The van der Waals surface area contributed by atoms with Crippen molar-refractivity contribution in [1.29, 1.82) is 0 Å². The fourth-order valence-corrected chi connectivity index (χ4v) is 17.1. The average molecular weight is 1390 g/mol. The molecule has 1 aliphatic heterocycles. The first-order chi connectivity index (χ1) is 46.5. The van der Waals surface area contributed by atoms with Gasteiger partial charge in [-0.05, 0) is 219 Å². The van der Waals surface area contributed by atoms with Gasteiger partial charge in [0.1, 0.15) is 0 Å². The van der Waals surface area contributed by atoms with Crippen LogP contribution in [0.2, 0.25) is 20.1 Å². The quantitative estimate of drug-likeness (QED) is 0.0884. The molecule has 0 spiro atoms. The summed E-state index contributed by atoms with van der Waals surface area (Å²) in [6.07, 6.45) is 24.4. The third-order valence-electron chi connectivity index (χ3n) is 20.3. The van der Waals surface area contributed by atoms with Gasteiger partial charge in [-0.3, -0.25) is 25.0 Å². The molecule has 3 fully saturated rings. The van der Waals surface area contributed by atoms with E-state index < -0.39 is 0 Å². The highest BCUT2D eigenvalue weighted by atomic mass is 35.5. The second-order valence-corrected chi connectivity index (χ2v) is 29.7. The van der Waals surface area contributed by atoms with Crippen molar-refractivity contribution in [3.05, 3.63) is 220 Å². The van der Waals surface area contributed by atoms with Gasteiger partial charge in [-0.1, -0.05) is 134 Å². The maximum atomic E-state index is 13.4. The van der Waals surface area contributed by atoms with Gasteiger partial charge < -0.3 is 15.1 Å². The largest absolute Gasteiger partial charge is 0.472 e. The van der Waals surface area contributed by atoms with E-state index in [0.29, 0.717) is 48.8 Å². The first kappa shape index (κ1) is 66.9. The number of aromatic nitrogens is 6. The van der Waals surface area contributed by atoms with E-state index in [1.54, 1.807) is 52.8 Å². The van der Waals surface area contributed by atoms with Gasteiger partial charge in [-0.15, -0.1) is 0 Å². The third-order valence-corrected chi connectivity index (χ3v) is 22.0. The molecule has 9 aromatic rings. The van der Waals surface area contributed by atoms with Crippen LogP contribution in [0.1, 0.15) is 188 Å². The minimum Gasteiger partial charge on any atom is -0.472 e. The summed E-state index contributed by atoms with van der Waals surface area (Å²) in [7, 11) is 0. The molecule has 3 unspecified atom stereocenters. The van der Waals surface area contributed by atoms with E-state index in [1.807, 2.05) is 71.2 Å². The smallest absolute Gasteiger partial charge is 0.320 e. The summed E-state index contributed by atoms with van der Waals surface area (Å²) in [5.74, 6) is 1.11. The Hall–Kier alpha value is -7.70. The van der Waals surface area contributed by atoms with Crippen LogP contribution in [0.3, 0.4) is 0 Å². The molecule has 1 saturated heterocycles. The molecule has 6 aliphatic rings. The predicted molar refractivity (Wildman–Crippen MR) is 387 cm³/mol. The number of carbonyl (C=O) groups is 3. The zero-order valence-electron chi connectivity index (χ0n) is 54.7. The highest BCUT2D eigenvalue weighted by Crippen LogP contribution is 2.62. The molecule has 20 heteroatoms. The van der Waals surface area contributed by atoms with Crippen LogP contribution in [0.5, 0.6) is 0 Å². The van der Waals surface area contributed by atoms with Crippen LogP contribution in [-0.4, -0.2) is 71.3 Å². The Kier molecular flexibility index (Phi) is 20.3. The zero-order valence-corrected chi connectivity index (χ0v) is 58.5. The van der Waals surface area contributed by atoms with Crippen molar-refractivity contribution in [3.8, 4) is 11.4 Å². The highest BCUT2D eigenvalue weighted by Gasteiger charge is 2.60. The van der Waals surface area contributed by atoms with E-state index >= 15 is 0 Å². The maximum absolute atomic E-state index is 13.4. The molecule has 4 amide bonds. The van der Waals surface area contributed by atoms with Gasteiger partial charge in [-0.25, -0.2) is 19.2 Å². The fourth-order valence-electron chi connectivity index (χ4n) is 15.5. The molecule has 5 aliphatic carbocycles. The summed E-state index contributed by atoms with van der Waals surface area (Å²) in [5, 5.41) is 32.3. The number of fused-ring (bicyclic) bond motifs is 5. The first-order valence-electron chi connectivity index (χ1n) is 33.7. The molecule has 2 bridgehead atoms. The number of hydrazine groups is 1. The number of urea groups is 1. The van der Waals surface area contributed by atoms with Crippen molar-refractivity contribution < 1.29 is 18.8 Å². The number of benzene rings is 4. The number of piperidine rings is 1. The van der Waals surface area contributed by atoms with E-state index in [2.05, 4.69) is 100 Å². The number of amides is 4. The molecular formula is C76H81Cl4N11O4S. The Morgan fingerprint density at radius 2 is 1.29 bits per heavy atom. The van der Waals surface area contributed by atoms with Gasteiger partial charge in [0.15, 0.2) is 17.2 Å². The number of anilines is 1. The summed E-state index contributed by atoms with van der Waals surface area (Å²) in [5.41, 5.74) is 18.7. The number of nitrogens with zero attached hydrogens (tertiary/aromatic N) is 7. The first-order valence-corrected chi connectivity index (χ1v) is 36.2. The summed E-state index contributed by atoms with van der Waals surface area (Å²) >= 11 is 27.1. The molecule has 4 aromatic carbocycles. The lowest BCUT2D eigenvalue weighted by atomic mass is 9.68. The van der Waals surface area contributed by atoms with Crippen LogP contribution in [0.15, 0.2) is 137 Å². The number of hydrogen-bond donors (Lipinski definition) is 4. The molecule has 96 heavy (non-hydrogen) atoms. The number of hydrogen-bond acceptors (Lipinski definition) is 9. The standard InChI is InChI=1S/C27H23Cl2N3OS.C25H34N4O.C24H24Cl2N4O2/c1-17(19-6-3-2-4-7-19)30-27(33)25-22-9-5-8-20(14-18-12-13-34-16-18)26(22)32(31-25)24-11-10-21(28)15-23(24)29;1-24(2)18-13-14-25(3,15-18)22(24)27-23(30)26-21-19-11-7-8-12-20(19)29(28-21)16-17-9-5-4-6-10-17;25-18-7-8-21(20(26)14-18)30-23-17(13-16-9-12-32-15-16)5-4-6-19(23)22(27-30)24(31)28-29-10-2-1-3-11-29/h2-4,6-7,10-17H,5,8-9H2,1H3,(H,30,33);4-6,9-10,18,22H,7-8,11-16H2,1-3H3,(H2,26,27,28,30);7-9,12-15H,1-6,10-11H2,(H,28,31)/b20-14+;;17-13+/t17-;;/m1../s1. The van der Waals surface area contributed by atoms with E-state index in [-0.39, 0.29) is 40.8 Å². The second kappa shape index (κ2) is 29.2. The highest BCUT2D eigenvalue weighted by molar-refractivity contribution is 7.08. The zero-order chi connectivity index (χ0) is 66.7. The van der Waals surface area contributed by atoms with Gasteiger partial charge in [0, 0.05) is 57.1 Å². The summed E-state index contributed by atoms with van der Waals surface area (Å²) in [6.45, 7) is 11.5. The van der Waals surface area contributed by atoms with Gasteiger partial charge in [0.05, 0.1) is 57.9 Å². The topological polar surface area (TPSA) is 169 Å². The van der Waals surface area contributed by atoms with Crippen molar-refractivity contribution in [2.75, 3.05) is 18.4 Å². The maximum Gasteiger partial charge on any atom is 0.320 e. The van der Waals surface area contributed by atoms with Crippen LogP contribution in [0.25, 0.3) is 34.7 Å². The molecule has 6 heterocycles. The molecule has 0 radical (unpaired) electrons. The normalized spacial score (nSPS) is 20.4. The molecule has 15 rings (SSSR count). The van der Waals surface area contributed by atoms with E-state index in [0.717, 1.165) is 146 Å². The lowest BCUT2D eigenvalue weighted by Crippen LogP contribution is -2.53. The SMILES string of the molecule is CC12CCC(C1)C(C)(C)C2NC(=O)Nc1nn(Cc2ccccc2)c2c1CCCC2.C[C@@H](NC(=O)c1nn(-c2ccc(Cl)cc2Cl)c2c1CCC/C2=C\c1ccsc1)c1ccccc1.O=C(NN1CCCCC1)c1nn(-c2ccc(Cl)cc2Cl)c2c1CCC/C2=C\c1ccoc1. The molecule has 4 N–H and O–H groups in total. The molecule has 15 nitrogen and oxygen atoms in total. The van der Waals surface area contributed by atoms with E-state index in [9.17, 15) is 14.4 Å². The molecule has 498 valence electrons. The average Bonchev–Trinajstić information content (AvgIpc) is 1.58.